The van der Waals surface area contributed by atoms with Gasteiger partial charge in [-0.1, -0.05) is 6.07 Å². The lowest BCUT2D eigenvalue weighted by Crippen LogP contribution is -2.25. The van der Waals surface area contributed by atoms with E-state index in [0.29, 0.717) is 0 Å². The van der Waals surface area contributed by atoms with Gasteiger partial charge in [0.1, 0.15) is 0 Å². The van der Waals surface area contributed by atoms with Gasteiger partial charge in [-0.05, 0) is 53.1 Å². The Kier molecular flexibility index (Phi) is 3.53. The summed E-state index contributed by atoms with van der Waals surface area (Å²) in [5, 5.41) is 0. The number of hydrogen-bond donors (Lipinski definition) is 0. The van der Waals surface area contributed by atoms with E-state index in [2.05, 4.69) is 28.5 Å². The van der Waals surface area contributed by atoms with Crippen LogP contribution in [0.2, 0.25) is 0 Å². The summed E-state index contributed by atoms with van der Waals surface area (Å²) >= 11 is 2.19. The van der Waals surface area contributed by atoms with E-state index in [1.807, 2.05) is 25.1 Å². The molecule has 0 N–H and O–H groups in total. The van der Waals surface area contributed by atoms with Crippen molar-refractivity contribution in [3.8, 4) is 12.3 Å². The summed E-state index contributed by atoms with van der Waals surface area (Å²) in [6, 6.07) is 5.86. The van der Waals surface area contributed by atoms with E-state index >= 15 is 0 Å². The maximum atomic E-state index is 11.2. The predicted octanol–water partition coefficient (Wildman–Crippen LogP) is 2.20. The quantitative estimate of drug-likeness (QED) is 0.575. The molecule has 0 aliphatic heterocycles. The number of amides is 1. The van der Waals surface area contributed by atoms with E-state index in [9.17, 15) is 4.79 Å². The van der Waals surface area contributed by atoms with Gasteiger partial charge in [-0.3, -0.25) is 4.79 Å². The minimum Gasteiger partial charge on any atom is -0.304 e. The van der Waals surface area contributed by atoms with E-state index in [1.54, 1.807) is 7.05 Å². The zero-order chi connectivity index (χ0) is 10.7. The zero-order valence-electron chi connectivity index (χ0n) is 8.04. The molecular weight excluding hydrogens is 289 g/mol. The lowest BCUT2D eigenvalue weighted by atomic mass is 10.2. The van der Waals surface area contributed by atoms with Crippen molar-refractivity contribution in [1.29, 1.82) is 0 Å². The zero-order valence-corrected chi connectivity index (χ0v) is 10.2. The molecule has 0 heterocycles. The average Bonchev–Trinajstić information content (AvgIpc) is 2.15. The van der Waals surface area contributed by atoms with Gasteiger partial charge in [-0.25, -0.2) is 0 Å². The summed E-state index contributed by atoms with van der Waals surface area (Å²) < 4.78 is 1.02. The summed E-state index contributed by atoms with van der Waals surface area (Å²) in [7, 11) is 1.68. The lowest BCUT2D eigenvalue weighted by molar-refractivity contribution is -0.113. The number of anilines is 1. The third kappa shape index (κ3) is 2.26. The molecule has 2 nitrogen and oxygen atoms in total. The SMILES string of the molecule is C#CC(=O)N(C)c1ccc(C)cc1I. The Labute approximate surface area is 97.4 Å². The number of hydrogen-bond acceptors (Lipinski definition) is 1. The van der Waals surface area contributed by atoms with E-state index in [1.165, 1.54) is 10.5 Å². The Bertz CT molecular complexity index is 406. The average molecular weight is 299 g/mol. The highest BCUT2D eigenvalue weighted by Crippen LogP contribution is 2.22. The van der Waals surface area contributed by atoms with Gasteiger partial charge in [-0.2, -0.15) is 0 Å². The van der Waals surface area contributed by atoms with Gasteiger partial charge in [0.2, 0.25) is 0 Å². The van der Waals surface area contributed by atoms with Crippen LogP contribution in [-0.2, 0) is 4.79 Å². The van der Waals surface area contributed by atoms with Crippen molar-refractivity contribution in [2.75, 3.05) is 11.9 Å². The normalized spacial score (nSPS) is 9.29. The third-order valence-electron chi connectivity index (χ3n) is 1.89. The number of carbonyl (C=O) groups is 1. The van der Waals surface area contributed by atoms with Crippen LogP contribution < -0.4 is 4.90 Å². The Hall–Kier alpha value is -1.02. The molecule has 1 aromatic carbocycles. The summed E-state index contributed by atoms with van der Waals surface area (Å²) in [6.07, 6.45) is 5.05. The molecular formula is C11H10INO. The van der Waals surface area contributed by atoms with Crippen LogP contribution in [0.15, 0.2) is 18.2 Å². The summed E-state index contributed by atoms with van der Waals surface area (Å²) in [6.45, 7) is 2.01. The maximum Gasteiger partial charge on any atom is 0.302 e. The van der Waals surface area contributed by atoms with Crippen molar-refractivity contribution in [1.82, 2.24) is 0 Å². The molecule has 0 bridgehead atoms. The maximum absolute atomic E-state index is 11.2. The number of terminal acetylenes is 1. The molecule has 0 spiro atoms. The first-order chi connectivity index (χ1) is 6.56. The van der Waals surface area contributed by atoms with E-state index in [-0.39, 0.29) is 5.91 Å². The Morgan fingerprint density at radius 2 is 2.21 bits per heavy atom. The highest BCUT2D eigenvalue weighted by molar-refractivity contribution is 14.1. The predicted molar refractivity (Wildman–Crippen MR) is 66.1 cm³/mol. The fourth-order valence-electron chi connectivity index (χ4n) is 1.09. The van der Waals surface area contributed by atoms with Gasteiger partial charge in [0.15, 0.2) is 0 Å². The Morgan fingerprint density at radius 3 is 2.71 bits per heavy atom. The topological polar surface area (TPSA) is 20.3 Å². The fourth-order valence-corrected chi connectivity index (χ4v) is 2.12. The smallest absolute Gasteiger partial charge is 0.302 e. The van der Waals surface area contributed by atoms with Gasteiger partial charge in [0, 0.05) is 10.6 Å². The molecule has 0 saturated heterocycles. The molecule has 0 aromatic heterocycles. The van der Waals surface area contributed by atoms with Crippen molar-refractivity contribution in [2.24, 2.45) is 0 Å². The standard InChI is InChI=1S/C11H10INO/c1-4-11(14)13(3)10-6-5-8(2)7-9(10)12/h1,5-7H,2-3H3. The van der Waals surface area contributed by atoms with Crippen LogP contribution in [0.1, 0.15) is 5.56 Å². The fraction of sp³-hybridized carbons (Fsp3) is 0.182. The molecule has 14 heavy (non-hydrogen) atoms. The van der Waals surface area contributed by atoms with Gasteiger partial charge < -0.3 is 4.90 Å². The molecule has 0 saturated carbocycles. The molecule has 1 aromatic rings. The van der Waals surface area contributed by atoms with Crippen LogP contribution in [0.3, 0.4) is 0 Å². The van der Waals surface area contributed by atoms with Crippen molar-refractivity contribution >= 4 is 34.2 Å². The van der Waals surface area contributed by atoms with Crippen molar-refractivity contribution in [3.05, 3.63) is 27.3 Å². The lowest BCUT2D eigenvalue weighted by Gasteiger charge is -2.16. The van der Waals surface area contributed by atoms with Crippen LogP contribution in [0, 0.1) is 22.8 Å². The molecule has 0 atom stereocenters. The number of carbonyl (C=O) groups excluding carboxylic acids is 1. The molecule has 0 aliphatic carbocycles. The van der Waals surface area contributed by atoms with Crippen LogP contribution in [-0.4, -0.2) is 13.0 Å². The largest absolute Gasteiger partial charge is 0.304 e. The molecule has 1 amide bonds. The summed E-state index contributed by atoms with van der Waals surface area (Å²) in [5.41, 5.74) is 2.01. The molecule has 72 valence electrons. The molecule has 0 unspecified atom stereocenters. The second-order valence-electron chi connectivity index (χ2n) is 2.96. The van der Waals surface area contributed by atoms with E-state index in [0.717, 1.165) is 9.26 Å². The number of aryl methyl sites for hydroxylation is 1. The van der Waals surface area contributed by atoms with Gasteiger partial charge in [-0.15, -0.1) is 6.42 Å². The Balaban J connectivity index is 3.09. The molecule has 0 aliphatic rings. The van der Waals surface area contributed by atoms with Crippen LogP contribution >= 0.6 is 22.6 Å². The molecule has 0 fully saturated rings. The minimum absolute atomic E-state index is 0.327. The van der Waals surface area contributed by atoms with E-state index < -0.39 is 0 Å². The monoisotopic (exact) mass is 299 g/mol. The van der Waals surface area contributed by atoms with Crippen LogP contribution in [0.25, 0.3) is 0 Å². The van der Waals surface area contributed by atoms with Crippen LogP contribution in [0.4, 0.5) is 5.69 Å². The highest BCUT2D eigenvalue weighted by atomic mass is 127. The number of nitrogens with zero attached hydrogens (tertiary/aromatic N) is 1. The number of halogens is 1. The molecule has 1 rings (SSSR count). The van der Waals surface area contributed by atoms with Crippen molar-refractivity contribution in [2.45, 2.75) is 6.92 Å². The van der Waals surface area contributed by atoms with E-state index in [4.69, 9.17) is 6.42 Å². The summed E-state index contributed by atoms with van der Waals surface area (Å²) in [4.78, 5) is 12.7. The minimum atomic E-state index is -0.327. The first-order valence-electron chi connectivity index (χ1n) is 4.06. The van der Waals surface area contributed by atoms with Gasteiger partial charge >= 0.3 is 5.91 Å². The Morgan fingerprint density at radius 1 is 1.57 bits per heavy atom. The van der Waals surface area contributed by atoms with Gasteiger partial charge in [0.05, 0.1) is 5.69 Å². The molecule has 0 radical (unpaired) electrons. The molecule has 3 heteroatoms. The van der Waals surface area contributed by atoms with Crippen molar-refractivity contribution in [3.63, 3.8) is 0 Å². The van der Waals surface area contributed by atoms with Crippen LogP contribution in [0.5, 0.6) is 0 Å². The van der Waals surface area contributed by atoms with Gasteiger partial charge in [0.25, 0.3) is 0 Å². The number of rotatable bonds is 1. The highest BCUT2D eigenvalue weighted by Gasteiger charge is 2.10. The number of benzene rings is 1. The third-order valence-corrected chi connectivity index (χ3v) is 2.76. The summed E-state index contributed by atoms with van der Waals surface area (Å²) in [5.74, 6) is 1.76. The first kappa shape index (κ1) is 11.1. The first-order valence-corrected chi connectivity index (χ1v) is 5.14. The van der Waals surface area contributed by atoms with Crippen molar-refractivity contribution < 1.29 is 4.79 Å². The second kappa shape index (κ2) is 4.47. The second-order valence-corrected chi connectivity index (χ2v) is 4.13.